The van der Waals surface area contributed by atoms with Crippen LogP contribution >= 0.6 is 22.6 Å². The van der Waals surface area contributed by atoms with E-state index in [0.717, 1.165) is 16.4 Å². The summed E-state index contributed by atoms with van der Waals surface area (Å²) in [6.45, 7) is 2.04. The van der Waals surface area contributed by atoms with Gasteiger partial charge in [0.1, 0.15) is 0 Å². The third-order valence-electron chi connectivity index (χ3n) is 2.20. The fourth-order valence-electron chi connectivity index (χ4n) is 1.37. The van der Waals surface area contributed by atoms with Gasteiger partial charge in [0.2, 0.25) is 0 Å². The van der Waals surface area contributed by atoms with E-state index in [0.29, 0.717) is 5.56 Å². The van der Waals surface area contributed by atoms with Crippen LogP contribution in [0, 0.1) is 15.9 Å². The van der Waals surface area contributed by atoms with Gasteiger partial charge in [-0.1, -0.05) is 31.4 Å². The fourth-order valence-corrected chi connectivity index (χ4v) is 2.00. The molecule has 0 radical (unpaired) electrons. The van der Waals surface area contributed by atoms with E-state index < -0.39 is 0 Å². The van der Waals surface area contributed by atoms with Gasteiger partial charge < -0.3 is 5.32 Å². The van der Waals surface area contributed by atoms with Crippen molar-refractivity contribution in [2.75, 3.05) is 0 Å². The lowest BCUT2D eigenvalue weighted by Crippen LogP contribution is -2.34. The quantitative estimate of drug-likeness (QED) is 0.669. The van der Waals surface area contributed by atoms with Gasteiger partial charge in [0.25, 0.3) is 5.91 Å². The molecule has 1 amide bonds. The third-order valence-corrected chi connectivity index (χ3v) is 3.14. The first-order chi connectivity index (χ1) is 7.69. The maximum Gasteiger partial charge on any atom is 0.253 e. The second-order valence-corrected chi connectivity index (χ2v) is 4.62. The van der Waals surface area contributed by atoms with E-state index in [1.807, 2.05) is 25.1 Å². The van der Waals surface area contributed by atoms with Gasteiger partial charge in [-0.15, -0.1) is 6.42 Å². The molecular formula is C13H14INO. The highest BCUT2D eigenvalue weighted by molar-refractivity contribution is 14.1. The molecule has 1 aromatic carbocycles. The zero-order chi connectivity index (χ0) is 12.0. The molecule has 0 saturated carbocycles. The normalized spacial score (nSPS) is 11.6. The summed E-state index contributed by atoms with van der Waals surface area (Å²) in [5.74, 6) is 2.49. The maximum absolute atomic E-state index is 11.9. The number of terminal acetylenes is 1. The Morgan fingerprint density at radius 1 is 1.56 bits per heavy atom. The first-order valence-electron chi connectivity index (χ1n) is 5.20. The average molecular weight is 327 g/mol. The summed E-state index contributed by atoms with van der Waals surface area (Å²) >= 11 is 2.14. The van der Waals surface area contributed by atoms with Crippen LogP contribution in [0.5, 0.6) is 0 Å². The van der Waals surface area contributed by atoms with Crippen LogP contribution in [-0.4, -0.2) is 11.9 Å². The molecule has 0 aliphatic carbocycles. The first kappa shape index (κ1) is 13.0. The summed E-state index contributed by atoms with van der Waals surface area (Å²) < 4.78 is 0.935. The van der Waals surface area contributed by atoms with Crippen molar-refractivity contribution < 1.29 is 4.79 Å². The van der Waals surface area contributed by atoms with E-state index in [2.05, 4.69) is 33.8 Å². The van der Waals surface area contributed by atoms with Crippen LogP contribution in [0.4, 0.5) is 0 Å². The number of halogens is 1. The van der Waals surface area contributed by atoms with E-state index in [4.69, 9.17) is 6.42 Å². The average Bonchev–Trinajstić information content (AvgIpc) is 2.28. The summed E-state index contributed by atoms with van der Waals surface area (Å²) in [6.07, 6.45) is 7.13. The van der Waals surface area contributed by atoms with E-state index in [1.54, 1.807) is 6.07 Å². The van der Waals surface area contributed by atoms with Crippen molar-refractivity contribution in [3.63, 3.8) is 0 Å². The molecule has 1 atom stereocenters. The number of benzene rings is 1. The molecule has 84 valence electrons. The molecule has 0 bridgehead atoms. The van der Waals surface area contributed by atoms with Gasteiger partial charge in [-0.25, -0.2) is 0 Å². The second-order valence-electron chi connectivity index (χ2n) is 3.46. The number of hydrogen-bond acceptors (Lipinski definition) is 1. The van der Waals surface area contributed by atoms with E-state index in [-0.39, 0.29) is 11.9 Å². The van der Waals surface area contributed by atoms with Crippen molar-refractivity contribution in [1.29, 1.82) is 0 Å². The number of amides is 1. The van der Waals surface area contributed by atoms with Crippen molar-refractivity contribution in [1.82, 2.24) is 5.32 Å². The lowest BCUT2D eigenvalue weighted by molar-refractivity contribution is 0.0943. The molecule has 1 aromatic rings. The van der Waals surface area contributed by atoms with Gasteiger partial charge in [-0.3, -0.25) is 4.79 Å². The van der Waals surface area contributed by atoms with E-state index >= 15 is 0 Å². The van der Waals surface area contributed by atoms with Crippen LogP contribution in [0.2, 0.25) is 0 Å². The maximum atomic E-state index is 11.9. The zero-order valence-corrected chi connectivity index (χ0v) is 11.3. The van der Waals surface area contributed by atoms with Gasteiger partial charge in [-0.2, -0.15) is 0 Å². The molecular weight excluding hydrogens is 313 g/mol. The molecule has 0 aromatic heterocycles. The molecule has 1 rings (SSSR count). The summed E-state index contributed by atoms with van der Waals surface area (Å²) in [5, 5.41) is 2.84. The Morgan fingerprint density at radius 3 is 2.81 bits per heavy atom. The number of carbonyl (C=O) groups excluding carboxylic acids is 1. The minimum atomic E-state index is -0.173. The summed E-state index contributed by atoms with van der Waals surface area (Å²) in [4.78, 5) is 11.9. The molecule has 0 aliphatic rings. The number of carbonyl (C=O) groups is 1. The molecule has 0 aliphatic heterocycles. The Bertz CT molecular complexity index is 409. The molecule has 2 nitrogen and oxygen atoms in total. The van der Waals surface area contributed by atoms with Crippen LogP contribution < -0.4 is 5.32 Å². The SMILES string of the molecule is C#C[C@H](CCC)NC(=O)c1ccccc1I. The van der Waals surface area contributed by atoms with Crippen LogP contribution in [0.15, 0.2) is 24.3 Å². The fraction of sp³-hybridized carbons (Fsp3) is 0.308. The van der Waals surface area contributed by atoms with Crippen molar-refractivity contribution in [2.45, 2.75) is 25.8 Å². The smallest absolute Gasteiger partial charge is 0.253 e. The summed E-state index contributed by atoms with van der Waals surface area (Å²) in [7, 11) is 0. The van der Waals surface area contributed by atoms with Gasteiger partial charge in [-0.05, 0) is 41.1 Å². The molecule has 3 heteroatoms. The molecule has 1 N–H and O–H groups in total. The minimum Gasteiger partial charge on any atom is -0.338 e. The lowest BCUT2D eigenvalue weighted by Gasteiger charge is -2.12. The second kappa shape index (κ2) is 6.54. The molecule has 0 saturated heterocycles. The van der Waals surface area contributed by atoms with Gasteiger partial charge >= 0.3 is 0 Å². The first-order valence-corrected chi connectivity index (χ1v) is 6.28. The van der Waals surface area contributed by atoms with Gasteiger partial charge in [0, 0.05) is 3.57 Å². The largest absolute Gasteiger partial charge is 0.338 e. The van der Waals surface area contributed by atoms with Crippen molar-refractivity contribution >= 4 is 28.5 Å². The van der Waals surface area contributed by atoms with Gasteiger partial charge in [0.05, 0.1) is 11.6 Å². The molecule has 0 fully saturated rings. The summed E-state index contributed by atoms with van der Waals surface area (Å²) in [5.41, 5.74) is 0.680. The molecule has 0 unspecified atom stereocenters. The highest BCUT2D eigenvalue weighted by atomic mass is 127. The predicted molar refractivity (Wildman–Crippen MR) is 74.2 cm³/mol. The third kappa shape index (κ3) is 3.53. The van der Waals surface area contributed by atoms with Crippen LogP contribution in [0.25, 0.3) is 0 Å². The standard InChI is InChI=1S/C13H14INO/c1-3-7-10(4-2)15-13(16)11-8-5-6-9-12(11)14/h2,5-6,8-10H,3,7H2,1H3,(H,15,16)/t10-/m1/s1. The lowest BCUT2D eigenvalue weighted by atomic mass is 10.1. The Kier molecular flexibility index (Phi) is 5.33. The zero-order valence-electron chi connectivity index (χ0n) is 9.16. The van der Waals surface area contributed by atoms with Crippen molar-refractivity contribution in [3.05, 3.63) is 33.4 Å². The topological polar surface area (TPSA) is 29.1 Å². The molecule has 0 heterocycles. The van der Waals surface area contributed by atoms with E-state index in [1.165, 1.54) is 0 Å². The number of rotatable bonds is 4. The minimum absolute atomic E-state index is 0.0959. The van der Waals surface area contributed by atoms with Crippen molar-refractivity contribution in [3.8, 4) is 12.3 Å². The monoisotopic (exact) mass is 327 g/mol. The summed E-state index contributed by atoms with van der Waals surface area (Å²) in [6, 6.07) is 7.29. The van der Waals surface area contributed by atoms with Crippen molar-refractivity contribution in [2.24, 2.45) is 0 Å². The van der Waals surface area contributed by atoms with Crippen LogP contribution in [-0.2, 0) is 0 Å². The predicted octanol–water partition coefficient (Wildman–Crippen LogP) is 2.82. The Hall–Kier alpha value is -1.02. The van der Waals surface area contributed by atoms with Crippen LogP contribution in [0.3, 0.4) is 0 Å². The van der Waals surface area contributed by atoms with E-state index in [9.17, 15) is 4.79 Å². The highest BCUT2D eigenvalue weighted by Gasteiger charge is 2.12. The van der Waals surface area contributed by atoms with Crippen LogP contribution in [0.1, 0.15) is 30.1 Å². The molecule has 16 heavy (non-hydrogen) atoms. The number of nitrogens with one attached hydrogen (secondary N) is 1. The Balaban J connectivity index is 2.73. The van der Waals surface area contributed by atoms with Gasteiger partial charge in [0.15, 0.2) is 0 Å². The highest BCUT2D eigenvalue weighted by Crippen LogP contribution is 2.11. The molecule has 0 spiro atoms. The Labute approximate surface area is 110 Å². The Morgan fingerprint density at radius 2 is 2.25 bits per heavy atom. The number of hydrogen-bond donors (Lipinski definition) is 1.